The molecule has 0 N–H and O–H groups in total. The van der Waals surface area contributed by atoms with Gasteiger partial charge < -0.3 is 4.74 Å². The normalized spacial score (nSPS) is 27.7. The lowest BCUT2D eigenvalue weighted by molar-refractivity contribution is 0.121. The minimum atomic E-state index is 0.862. The van der Waals surface area contributed by atoms with Crippen molar-refractivity contribution in [1.82, 2.24) is 0 Å². The first-order valence-corrected chi connectivity index (χ1v) is 5.73. The van der Waals surface area contributed by atoms with Crippen molar-refractivity contribution < 1.29 is 4.74 Å². The summed E-state index contributed by atoms with van der Waals surface area (Å²) >= 11 is 0. The van der Waals surface area contributed by atoms with Crippen LogP contribution in [0.2, 0.25) is 0 Å². The van der Waals surface area contributed by atoms with Gasteiger partial charge in [0.05, 0.1) is 0 Å². The van der Waals surface area contributed by atoms with Crippen LogP contribution < -0.4 is 0 Å². The Kier molecular flexibility index (Phi) is 8.53. The van der Waals surface area contributed by atoms with Crippen molar-refractivity contribution >= 4 is 0 Å². The molecule has 0 aromatic heterocycles. The number of hydrogen-bond acceptors (Lipinski definition) is 1. The van der Waals surface area contributed by atoms with Gasteiger partial charge in [-0.1, -0.05) is 40.0 Å². The Morgan fingerprint density at radius 2 is 1.54 bits per heavy atom. The number of hydrogen-bond donors (Lipinski definition) is 0. The zero-order valence-electron chi connectivity index (χ0n) is 9.81. The summed E-state index contributed by atoms with van der Waals surface area (Å²) in [6, 6.07) is 0. The van der Waals surface area contributed by atoms with Crippen LogP contribution in [0.25, 0.3) is 0 Å². The van der Waals surface area contributed by atoms with E-state index in [1.807, 2.05) is 0 Å². The van der Waals surface area contributed by atoms with E-state index in [1.165, 1.54) is 32.1 Å². The first kappa shape index (κ1) is 13.0. The summed E-state index contributed by atoms with van der Waals surface area (Å²) in [5, 5.41) is 0. The Balaban J connectivity index is 0.000000424. The highest BCUT2D eigenvalue weighted by molar-refractivity contribution is 4.69. The maximum absolute atomic E-state index is 5.12. The van der Waals surface area contributed by atoms with Gasteiger partial charge in [-0.2, -0.15) is 0 Å². The Morgan fingerprint density at radius 1 is 1.08 bits per heavy atom. The van der Waals surface area contributed by atoms with E-state index in [2.05, 4.69) is 20.8 Å². The molecule has 1 rings (SSSR count). The number of ether oxygens (including phenoxy) is 1. The van der Waals surface area contributed by atoms with E-state index in [1.54, 1.807) is 7.11 Å². The smallest absolute Gasteiger partial charge is 0.0490 e. The van der Waals surface area contributed by atoms with Gasteiger partial charge in [0, 0.05) is 13.7 Å². The highest BCUT2D eigenvalue weighted by Crippen LogP contribution is 2.27. The average Bonchev–Trinajstić information content (AvgIpc) is 2.11. The Labute approximate surface area is 83.9 Å². The molecule has 0 aromatic carbocycles. The minimum Gasteiger partial charge on any atom is -0.384 e. The van der Waals surface area contributed by atoms with E-state index < -0.39 is 0 Å². The third-order valence-electron chi connectivity index (χ3n) is 2.54. The van der Waals surface area contributed by atoms with Crippen molar-refractivity contribution in [1.29, 1.82) is 0 Å². The molecule has 80 valence electrons. The fourth-order valence-electron chi connectivity index (χ4n) is 1.73. The van der Waals surface area contributed by atoms with Crippen LogP contribution in [0.4, 0.5) is 0 Å². The maximum Gasteiger partial charge on any atom is 0.0490 e. The standard InChI is InChI=1S/C9H18O.C3H8/c1-8-3-5-9(6-4-8)7-10-2;1-3-2/h8-9H,3-7H2,1-2H3;3H2,1-2H3. The van der Waals surface area contributed by atoms with Crippen molar-refractivity contribution in [2.75, 3.05) is 13.7 Å². The van der Waals surface area contributed by atoms with Crippen LogP contribution in [-0.2, 0) is 4.74 Å². The topological polar surface area (TPSA) is 9.23 Å². The molecule has 1 saturated carbocycles. The SMILES string of the molecule is CCC.COCC1CCC(C)CC1. The van der Waals surface area contributed by atoms with Gasteiger partial charge >= 0.3 is 0 Å². The molecule has 13 heavy (non-hydrogen) atoms. The van der Waals surface area contributed by atoms with E-state index in [-0.39, 0.29) is 0 Å². The Hall–Kier alpha value is -0.0400. The van der Waals surface area contributed by atoms with Crippen LogP contribution in [0.3, 0.4) is 0 Å². The predicted molar refractivity (Wildman–Crippen MR) is 59.0 cm³/mol. The summed E-state index contributed by atoms with van der Waals surface area (Å²) in [7, 11) is 1.80. The monoisotopic (exact) mass is 186 g/mol. The fraction of sp³-hybridized carbons (Fsp3) is 1.00. The van der Waals surface area contributed by atoms with Gasteiger partial charge in [-0.25, -0.2) is 0 Å². The molecule has 0 radical (unpaired) electrons. The summed E-state index contributed by atoms with van der Waals surface area (Å²) in [6.45, 7) is 7.58. The summed E-state index contributed by atoms with van der Waals surface area (Å²) in [5.74, 6) is 1.83. The minimum absolute atomic E-state index is 0.862. The van der Waals surface area contributed by atoms with E-state index in [0.717, 1.165) is 18.4 Å². The summed E-state index contributed by atoms with van der Waals surface area (Å²) < 4.78 is 5.12. The van der Waals surface area contributed by atoms with Gasteiger partial charge in [0.2, 0.25) is 0 Å². The Bertz CT molecular complexity index is 93.3. The van der Waals surface area contributed by atoms with Crippen LogP contribution >= 0.6 is 0 Å². The zero-order valence-corrected chi connectivity index (χ0v) is 9.81. The van der Waals surface area contributed by atoms with Gasteiger partial charge in [0.25, 0.3) is 0 Å². The molecule has 0 spiro atoms. The zero-order chi connectivity index (χ0) is 10.1. The molecule has 0 saturated heterocycles. The number of rotatable bonds is 2. The molecule has 1 heteroatoms. The van der Waals surface area contributed by atoms with Crippen LogP contribution in [0.15, 0.2) is 0 Å². The molecule has 0 amide bonds. The van der Waals surface area contributed by atoms with Gasteiger partial charge in [-0.3, -0.25) is 0 Å². The maximum atomic E-state index is 5.12. The molecule has 0 aromatic rings. The molecule has 1 nitrogen and oxygen atoms in total. The van der Waals surface area contributed by atoms with E-state index in [4.69, 9.17) is 4.74 Å². The molecule has 1 aliphatic rings. The summed E-state index contributed by atoms with van der Waals surface area (Å²) in [5.41, 5.74) is 0. The quantitative estimate of drug-likeness (QED) is 0.636. The molecule has 0 atom stereocenters. The van der Waals surface area contributed by atoms with Crippen LogP contribution in [0.5, 0.6) is 0 Å². The largest absolute Gasteiger partial charge is 0.384 e. The van der Waals surface area contributed by atoms with E-state index in [9.17, 15) is 0 Å². The van der Waals surface area contributed by atoms with Gasteiger partial charge in [-0.15, -0.1) is 0 Å². The fourth-order valence-corrected chi connectivity index (χ4v) is 1.73. The predicted octanol–water partition coefficient (Wildman–Crippen LogP) is 3.88. The molecule has 1 fully saturated rings. The second-order valence-corrected chi connectivity index (χ2v) is 4.29. The van der Waals surface area contributed by atoms with Crippen molar-refractivity contribution in [3.63, 3.8) is 0 Å². The van der Waals surface area contributed by atoms with Gasteiger partial charge in [0.1, 0.15) is 0 Å². The lowest BCUT2D eigenvalue weighted by Crippen LogP contribution is -2.16. The first-order valence-electron chi connectivity index (χ1n) is 5.73. The number of methoxy groups -OCH3 is 1. The van der Waals surface area contributed by atoms with Crippen LogP contribution in [0, 0.1) is 11.8 Å². The second kappa shape index (κ2) is 8.55. The molecule has 1 aliphatic carbocycles. The van der Waals surface area contributed by atoms with Gasteiger partial charge in [0.15, 0.2) is 0 Å². The van der Waals surface area contributed by atoms with Crippen LogP contribution in [0.1, 0.15) is 52.9 Å². The summed E-state index contributed by atoms with van der Waals surface area (Å²) in [6.07, 6.45) is 6.84. The molecule has 0 aliphatic heterocycles. The highest BCUT2D eigenvalue weighted by Gasteiger charge is 2.17. The Morgan fingerprint density at radius 3 is 1.92 bits per heavy atom. The van der Waals surface area contributed by atoms with Crippen molar-refractivity contribution in [2.45, 2.75) is 52.9 Å². The van der Waals surface area contributed by atoms with E-state index in [0.29, 0.717) is 0 Å². The second-order valence-electron chi connectivity index (χ2n) is 4.29. The third-order valence-corrected chi connectivity index (χ3v) is 2.54. The van der Waals surface area contributed by atoms with Crippen molar-refractivity contribution in [3.05, 3.63) is 0 Å². The summed E-state index contributed by atoms with van der Waals surface area (Å²) in [4.78, 5) is 0. The first-order chi connectivity index (χ1) is 6.24. The van der Waals surface area contributed by atoms with Crippen molar-refractivity contribution in [2.24, 2.45) is 11.8 Å². The molecular weight excluding hydrogens is 160 g/mol. The molecule has 0 heterocycles. The molecular formula is C12H26O. The van der Waals surface area contributed by atoms with Crippen LogP contribution in [-0.4, -0.2) is 13.7 Å². The van der Waals surface area contributed by atoms with Gasteiger partial charge in [-0.05, 0) is 24.7 Å². The lowest BCUT2D eigenvalue weighted by Gasteiger charge is -2.25. The highest BCUT2D eigenvalue weighted by atomic mass is 16.5. The van der Waals surface area contributed by atoms with Crippen molar-refractivity contribution in [3.8, 4) is 0 Å². The third kappa shape index (κ3) is 7.06. The molecule has 0 bridgehead atoms. The average molecular weight is 186 g/mol. The van der Waals surface area contributed by atoms with E-state index >= 15 is 0 Å². The molecule has 0 unspecified atom stereocenters. The lowest BCUT2D eigenvalue weighted by atomic mass is 9.83.